The second kappa shape index (κ2) is 9.53. The molecule has 0 fully saturated rings. The van der Waals surface area contributed by atoms with E-state index in [-0.39, 0.29) is 36.3 Å². The van der Waals surface area contributed by atoms with Gasteiger partial charge in [-0.3, -0.25) is 14.6 Å². The predicted molar refractivity (Wildman–Crippen MR) is 96.5 cm³/mol. The third-order valence-electron chi connectivity index (χ3n) is 3.25. The Hall–Kier alpha value is -2.93. The van der Waals surface area contributed by atoms with Gasteiger partial charge in [0.1, 0.15) is 11.6 Å². The van der Waals surface area contributed by atoms with Crippen LogP contribution >= 0.6 is 11.6 Å². The lowest BCUT2D eigenvalue weighted by molar-refractivity contribution is -0.123. The molecule has 0 aliphatic carbocycles. The van der Waals surface area contributed by atoms with E-state index in [0.717, 1.165) is 6.07 Å². The van der Waals surface area contributed by atoms with E-state index < -0.39 is 11.7 Å². The van der Waals surface area contributed by atoms with Crippen LogP contribution in [0.3, 0.4) is 0 Å². The number of pyridine rings is 1. The molecular weight excluding hydrogens is 361 g/mol. The number of nitrogens with one attached hydrogen (secondary N) is 2. The first-order valence-corrected chi connectivity index (χ1v) is 8.07. The van der Waals surface area contributed by atoms with Crippen LogP contribution in [0.2, 0.25) is 5.02 Å². The van der Waals surface area contributed by atoms with Crippen LogP contribution in [0.1, 0.15) is 6.42 Å². The highest BCUT2D eigenvalue weighted by Crippen LogP contribution is 2.20. The van der Waals surface area contributed by atoms with E-state index in [1.54, 1.807) is 18.3 Å². The number of benzene rings is 1. The molecule has 0 radical (unpaired) electrons. The molecular formula is C18H17ClFN3O3. The third kappa shape index (κ3) is 6.18. The van der Waals surface area contributed by atoms with Crippen molar-refractivity contribution in [2.45, 2.75) is 6.42 Å². The maximum atomic E-state index is 13.3. The van der Waals surface area contributed by atoms with Gasteiger partial charge in [0.15, 0.2) is 6.61 Å². The van der Waals surface area contributed by atoms with Gasteiger partial charge in [0, 0.05) is 24.4 Å². The Balaban J connectivity index is 1.68. The third-order valence-corrected chi connectivity index (χ3v) is 3.56. The molecule has 2 aromatic rings. The summed E-state index contributed by atoms with van der Waals surface area (Å²) < 4.78 is 18.4. The Kier molecular flexibility index (Phi) is 7.11. The summed E-state index contributed by atoms with van der Waals surface area (Å²) in [5, 5.41) is 5.22. The molecule has 0 aliphatic rings. The summed E-state index contributed by atoms with van der Waals surface area (Å²) in [5.74, 6) is -1.18. The molecule has 0 aliphatic heterocycles. The van der Waals surface area contributed by atoms with Gasteiger partial charge in [-0.25, -0.2) is 4.39 Å². The number of amides is 2. The summed E-state index contributed by atoms with van der Waals surface area (Å²) in [6.07, 6.45) is 3.39. The minimum Gasteiger partial charge on any atom is -0.484 e. The molecule has 0 saturated carbocycles. The van der Waals surface area contributed by atoms with Gasteiger partial charge in [-0.05, 0) is 30.7 Å². The van der Waals surface area contributed by atoms with E-state index >= 15 is 0 Å². The molecule has 136 valence electrons. The smallest absolute Gasteiger partial charge is 0.257 e. The van der Waals surface area contributed by atoms with E-state index in [0.29, 0.717) is 11.3 Å². The lowest BCUT2D eigenvalue weighted by Gasteiger charge is -2.09. The number of carbonyl (C=O) groups is 2. The van der Waals surface area contributed by atoms with E-state index in [2.05, 4.69) is 22.2 Å². The normalized spacial score (nSPS) is 10.1. The van der Waals surface area contributed by atoms with Crippen LogP contribution in [-0.2, 0) is 9.59 Å². The van der Waals surface area contributed by atoms with Crippen LogP contribution in [0.4, 0.5) is 10.1 Å². The number of hydrogen-bond donors (Lipinski definition) is 2. The number of rotatable bonds is 8. The molecule has 1 aromatic heterocycles. The molecule has 1 aromatic carbocycles. The number of halogens is 2. The zero-order valence-corrected chi connectivity index (χ0v) is 14.6. The van der Waals surface area contributed by atoms with Crippen molar-refractivity contribution in [3.63, 3.8) is 0 Å². The fourth-order valence-corrected chi connectivity index (χ4v) is 2.01. The molecule has 0 bridgehead atoms. The van der Waals surface area contributed by atoms with Crippen molar-refractivity contribution in [3.05, 3.63) is 65.7 Å². The Morgan fingerprint density at radius 1 is 1.31 bits per heavy atom. The average Bonchev–Trinajstić information content (AvgIpc) is 2.63. The van der Waals surface area contributed by atoms with Crippen LogP contribution in [0.15, 0.2) is 54.9 Å². The first-order valence-electron chi connectivity index (χ1n) is 7.69. The molecule has 8 heteroatoms. The molecule has 0 unspecified atom stereocenters. The molecule has 2 N–H and O–H groups in total. The van der Waals surface area contributed by atoms with Crippen LogP contribution in [0.25, 0.3) is 0 Å². The van der Waals surface area contributed by atoms with Gasteiger partial charge < -0.3 is 15.4 Å². The van der Waals surface area contributed by atoms with Gasteiger partial charge in [-0.15, -0.1) is 0 Å². The Bertz CT molecular complexity index is 800. The molecule has 0 spiro atoms. The van der Waals surface area contributed by atoms with E-state index in [1.807, 2.05) is 0 Å². The summed E-state index contributed by atoms with van der Waals surface area (Å²) in [7, 11) is 0. The van der Waals surface area contributed by atoms with Crippen LogP contribution < -0.4 is 15.4 Å². The number of aromatic nitrogens is 1. The molecule has 26 heavy (non-hydrogen) atoms. The van der Waals surface area contributed by atoms with Crippen molar-refractivity contribution in [1.29, 1.82) is 0 Å². The molecule has 1 heterocycles. The van der Waals surface area contributed by atoms with Crippen LogP contribution in [-0.4, -0.2) is 29.9 Å². The summed E-state index contributed by atoms with van der Waals surface area (Å²) in [6.45, 7) is 3.63. The fourth-order valence-electron chi connectivity index (χ4n) is 1.89. The van der Waals surface area contributed by atoms with Gasteiger partial charge in [-0.1, -0.05) is 18.2 Å². The van der Waals surface area contributed by atoms with Crippen molar-refractivity contribution >= 4 is 29.1 Å². The number of carbonyl (C=O) groups excluding carboxylic acids is 2. The van der Waals surface area contributed by atoms with Crippen molar-refractivity contribution in [2.75, 3.05) is 18.5 Å². The highest BCUT2D eigenvalue weighted by Gasteiger charge is 2.09. The van der Waals surface area contributed by atoms with E-state index in [4.69, 9.17) is 16.3 Å². The van der Waals surface area contributed by atoms with Gasteiger partial charge in [0.2, 0.25) is 0 Å². The summed E-state index contributed by atoms with van der Waals surface area (Å²) in [4.78, 5) is 27.5. The van der Waals surface area contributed by atoms with E-state index in [1.165, 1.54) is 18.3 Å². The highest BCUT2D eigenvalue weighted by molar-refractivity contribution is 6.30. The number of nitrogens with zero attached hydrogens (tertiary/aromatic N) is 1. The highest BCUT2D eigenvalue weighted by atomic mass is 35.5. The zero-order chi connectivity index (χ0) is 18.9. The van der Waals surface area contributed by atoms with Gasteiger partial charge in [0.05, 0.1) is 16.9 Å². The van der Waals surface area contributed by atoms with Crippen LogP contribution in [0.5, 0.6) is 5.75 Å². The molecule has 6 nitrogen and oxygen atoms in total. The second-order valence-electron chi connectivity index (χ2n) is 5.26. The molecule has 0 atom stereocenters. The fraction of sp³-hybridized carbons (Fsp3) is 0.167. The van der Waals surface area contributed by atoms with Crippen molar-refractivity contribution in [1.82, 2.24) is 10.3 Å². The quantitative estimate of drug-likeness (QED) is 0.693. The molecule has 0 saturated heterocycles. The monoisotopic (exact) mass is 377 g/mol. The van der Waals surface area contributed by atoms with Crippen molar-refractivity contribution < 1.29 is 18.7 Å². The maximum absolute atomic E-state index is 13.3. The van der Waals surface area contributed by atoms with Crippen molar-refractivity contribution in [2.24, 2.45) is 0 Å². The standard InChI is InChI=1S/C18H17ClFN3O3/c1-12(18(25)23-13-3-2-7-21-10-13)6-8-22-17(24)11-26-14-4-5-15(19)16(20)9-14/h2-5,7,9-10H,1,6,8,11H2,(H,22,24)(H,23,25). The minimum atomic E-state index is -0.625. The van der Waals surface area contributed by atoms with Crippen LogP contribution in [0, 0.1) is 5.82 Å². The van der Waals surface area contributed by atoms with Gasteiger partial charge >= 0.3 is 0 Å². The first kappa shape index (κ1) is 19.4. The summed E-state index contributed by atoms with van der Waals surface area (Å²) >= 11 is 5.56. The predicted octanol–water partition coefficient (Wildman–Crippen LogP) is 2.95. The maximum Gasteiger partial charge on any atom is 0.257 e. The topological polar surface area (TPSA) is 80.3 Å². The first-order chi connectivity index (χ1) is 12.5. The summed E-state index contributed by atoms with van der Waals surface area (Å²) in [5.41, 5.74) is 0.876. The average molecular weight is 378 g/mol. The Labute approximate surface area is 155 Å². The number of hydrogen-bond acceptors (Lipinski definition) is 4. The number of ether oxygens (including phenoxy) is 1. The van der Waals surface area contributed by atoms with E-state index in [9.17, 15) is 14.0 Å². The second-order valence-corrected chi connectivity index (χ2v) is 5.67. The zero-order valence-electron chi connectivity index (χ0n) is 13.8. The minimum absolute atomic E-state index is 0.0233. The number of anilines is 1. The lowest BCUT2D eigenvalue weighted by atomic mass is 10.2. The van der Waals surface area contributed by atoms with Gasteiger partial charge in [0.25, 0.3) is 11.8 Å². The van der Waals surface area contributed by atoms with Crippen molar-refractivity contribution in [3.8, 4) is 5.75 Å². The Morgan fingerprint density at radius 3 is 2.81 bits per heavy atom. The summed E-state index contributed by atoms with van der Waals surface area (Å²) in [6, 6.07) is 7.31. The van der Waals surface area contributed by atoms with Gasteiger partial charge in [-0.2, -0.15) is 0 Å². The Morgan fingerprint density at radius 2 is 2.12 bits per heavy atom. The SMILES string of the molecule is C=C(CCNC(=O)COc1ccc(Cl)c(F)c1)C(=O)Nc1cccnc1. The lowest BCUT2D eigenvalue weighted by Crippen LogP contribution is -2.30. The largest absolute Gasteiger partial charge is 0.484 e. The molecule has 2 amide bonds. The molecule has 2 rings (SSSR count).